The van der Waals surface area contributed by atoms with Crippen molar-refractivity contribution in [1.29, 1.82) is 0 Å². The van der Waals surface area contributed by atoms with E-state index in [4.69, 9.17) is 5.11 Å². The monoisotopic (exact) mass is 288 g/mol. The fourth-order valence-electron chi connectivity index (χ4n) is 2.11. The Labute approximate surface area is 119 Å². The van der Waals surface area contributed by atoms with Gasteiger partial charge in [-0.25, -0.2) is 4.79 Å². The van der Waals surface area contributed by atoms with Gasteiger partial charge >= 0.3 is 12.0 Å². The van der Waals surface area contributed by atoms with Gasteiger partial charge in [0.25, 0.3) is 0 Å². The molecule has 2 amide bonds. The fraction of sp³-hybridized carbons (Fsp3) is 0.846. The maximum Gasteiger partial charge on any atom is 0.320 e. The topological polar surface area (TPSA) is 60.9 Å². The molecule has 1 heterocycles. The molecule has 1 rings (SSSR count). The minimum absolute atomic E-state index is 0.00369. The van der Waals surface area contributed by atoms with Crippen molar-refractivity contribution in [3.8, 4) is 0 Å². The number of urea groups is 1. The SMILES string of the molecule is CCC1CN(C(=O)N(CCC(=O)O)C(C)C)CCS1. The second kappa shape index (κ2) is 7.62. The van der Waals surface area contributed by atoms with E-state index in [-0.39, 0.29) is 25.0 Å². The van der Waals surface area contributed by atoms with Gasteiger partial charge in [0.15, 0.2) is 0 Å². The van der Waals surface area contributed by atoms with Gasteiger partial charge in [0.1, 0.15) is 0 Å². The van der Waals surface area contributed by atoms with E-state index in [0.29, 0.717) is 5.25 Å². The number of carbonyl (C=O) groups is 2. The smallest absolute Gasteiger partial charge is 0.320 e. The molecule has 0 aromatic heterocycles. The first-order chi connectivity index (χ1) is 8.95. The number of thioether (sulfide) groups is 1. The van der Waals surface area contributed by atoms with Crippen LogP contribution in [0.3, 0.4) is 0 Å². The lowest BCUT2D eigenvalue weighted by atomic mass is 10.2. The van der Waals surface area contributed by atoms with Crippen LogP contribution in [-0.4, -0.2) is 63.6 Å². The van der Waals surface area contributed by atoms with Gasteiger partial charge in [-0.1, -0.05) is 6.92 Å². The molecule has 1 N–H and O–H groups in total. The van der Waals surface area contributed by atoms with Crippen molar-refractivity contribution < 1.29 is 14.7 Å². The zero-order chi connectivity index (χ0) is 14.4. The maximum absolute atomic E-state index is 12.5. The van der Waals surface area contributed by atoms with Crippen molar-refractivity contribution in [2.75, 3.05) is 25.4 Å². The van der Waals surface area contributed by atoms with Gasteiger partial charge in [0.2, 0.25) is 0 Å². The van der Waals surface area contributed by atoms with Crippen molar-refractivity contribution in [3.63, 3.8) is 0 Å². The van der Waals surface area contributed by atoms with E-state index in [1.165, 1.54) is 0 Å². The normalized spacial score (nSPS) is 19.6. The molecule has 0 saturated carbocycles. The highest BCUT2D eigenvalue weighted by molar-refractivity contribution is 8.00. The number of carbonyl (C=O) groups excluding carboxylic acids is 1. The predicted molar refractivity (Wildman–Crippen MR) is 77.6 cm³/mol. The molecule has 110 valence electrons. The Hall–Kier alpha value is -0.910. The van der Waals surface area contributed by atoms with Gasteiger partial charge in [-0.15, -0.1) is 0 Å². The number of carboxylic acids is 1. The summed E-state index contributed by atoms with van der Waals surface area (Å²) in [6.07, 6.45) is 1.06. The summed E-state index contributed by atoms with van der Waals surface area (Å²) in [6, 6.07) is 0.0107. The Kier molecular flexibility index (Phi) is 6.48. The summed E-state index contributed by atoms with van der Waals surface area (Å²) in [5.41, 5.74) is 0. The largest absolute Gasteiger partial charge is 0.481 e. The van der Waals surface area contributed by atoms with E-state index in [0.717, 1.165) is 25.3 Å². The van der Waals surface area contributed by atoms with E-state index in [1.807, 2.05) is 30.5 Å². The predicted octanol–water partition coefficient (Wildman–Crippen LogP) is 2.12. The van der Waals surface area contributed by atoms with E-state index in [2.05, 4.69) is 6.92 Å². The molecule has 1 saturated heterocycles. The minimum Gasteiger partial charge on any atom is -0.481 e. The van der Waals surface area contributed by atoms with Crippen molar-refractivity contribution in [2.45, 2.75) is 44.9 Å². The summed E-state index contributed by atoms with van der Waals surface area (Å²) in [5.74, 6) is 0.105. The maximum atomic E-state index is 12.5. The highest BCUT2D eigenvalue weighted by Crippen LogP contribution is 2.22. The van der Waals surface area contributed by atoms with Crippen LogP contribution in [0.4, 0.5) is 4.79 Å². The van der Waals surface area contributed by atoms with E-state index >= 15 is 0 Å². The number of hydrogen-bond acceptors (Lipinski definition) is 3. The van der Waals surface area contributed by atoms with Crippen LogP contribution in [0, 0.1) is 0 Å². The number of amides is 2. The molecule has 1 atom stereocenters. The molecule has 0 aromatic rings. The van der Waals surface area contributed by atoms with E-state index in [9.17, 15) is 9.59 Å². The summed E-state index contributed by atoms with van der Waals surface area (Å²) < 4.78 is 0. The third kappa shape index (κ3) is 4.93. The Morgan fingerprint density at radius 3 is 2.68 bits per heavy atom. The summed E-state index contributed by atoms with van der Waals surface area (Å²) in [6.45, 7) is 7.81. The molecule has 0 aliphatic carbocycles. The van der Waals surface area contributed by atoms with Crippen LogP contribution < -0.4 is 0 Å². The van der Waals surface area contributed by atoms with E-state index in [1.54, 1.807) is 4.90 Å². The number of carboxylic acid groups (broad SMARTS) is 1. The number of nitrogens with zero attached hydrogens (tertiary/aromatic N) is 2. The van der Waals surface area contributed by atoms with Crippen molar-refractivity contribution in [1.82, 2.24) is 9.80 Å². The van der Waals surface area contributed by atoms with Crippen LogP contribution in [0.15, 0.2) is 0 Å². The first kappa shape index (κ1) is 16.1. The molecule has 0 radical (unpaired) electrons. The Morgan fingerprint density at radius 1 is 1.47 bits per heavy atom. The van der Waals surface area contributed by atoms with Gasteiger partial charge in [-0.05, 0) is 20.3 Å². The van der Waals surface area contributed by atoms with Crippen molar-refractivity contribution >= 4 is 23.8 Å². The molecule has 1 aliphatic rings. The van der Waals surface area contributed by atoms with Crippen molar-refractivity contribution in [2.24, 2.45) is 0 Å². The van der Waals surface area contributed by atoms with Gasteiger partial charge in [0.05, 0.1) is 6.42 Å². The van der Waals surface area contributed by atoms with Gasteiger partial charge in [-0.3, -0.25) is 4.79 Å². The quantitative estimate of drug-likeness (QED) is 0.842. The molecule has 19 heavy (non-hydrogen) atoms. The van der Waals surface area contributed by atoms with E-state index < -0.39 is 5.97 Å². The lowest BCUT2D eigenvalue weighted by Crippen LogP contribution is -2.51. The zero-order valence-corrected chi connectivity index (χ0v) is 12.8. The van der Waals surface area contributed by atoms with Crippen LogP contribution in [-0.2, 0) is 4.79 Å². The minimum atomic E-state index is -0.862. The van der Waals surface area contributed by atoms with Crippen LogP contribution in [0.25, 0.3) is 0 Å². The first-order valence-corrected chi connectivity index (χ1v) is 7.89. The molecule has 1 fully saturated rings. The average Bonchev–Trinajstić information content (AvgIpc) is 2.38. The molecule has 0 spiro atoms. The van der Waals surface area contributed by atoms with Crippen LogP contribution in [0.2, 0.25) is 0 Å². The fourth-order valence-corrected chi connectivity index (χ4v) is 3.29. The average molecular weight is 288 g/mol. The molecule has 1 aliphatic heterocycles. The molecular weight excluding hydrogens is 264 g/mol. The summed E-state index contributed by atoms with van der Waals surface area (Å²) in [5, 5.41) is 9.27. The summed E-state index contributed by atoms with van der Waals surface area (Å²) in [7, 11) is 0. The lowest BCUT2D eigenvalue weighted by molar-refractivity contribution is -0.137. The first-order valence-electron chi connectivity index (χ1n) is 6.84. The standard InChI is InChI=1S/C13H24N2O3S/c1-4-11-9-14(7-8-19-11)13(18)15(10(2)3)6-5-12(16)17/h10-11H,4-9H2,1-3H3,(H,16,17). The highest BCUT2D eigenvalue weighted by atomic mass is 32.2. The number of hydrogen-bond donors (Lipinski definition) is 1. The Morgan fingerprint density at radius 2 is 2.16 bits per heavy atom. The second-order valence-electron chi connectivity index (χ2n) is 5.06. The molecule has 6 heteroatoms. The third-order valence-electron chi connectivity index (χ3n) is 3.30. The zero-order valence-electron chi connectivity index (χ0n) is 12.0. The molecule has 1 unspecified atom stereocenters. The lowest BCUT2D eigenvalue weighted by Gasteiger charge is -2.37. The molecular formula is C13H24N2O3S. The van der Waals surface area contributed by atoms with Crippen LogP contribution >= 0.6 is 11.8 Å². The summed E-state index contributed by atoms with van der Waals surface area (Å²) in [4.78, 5) is 26.7. The Balaban J connectivity index is 2.62. The van der Waals surface area contributed by atoms with Crippen LogP contribution in [0.1, 0.15) is 33.6 Å². The van der Waals surface area contributed by atoms with Crippen LogP contribution in [0.5, 0.6) is 0 Å². The second-order valence-corrected chi connectivity index (χ2v) is 6.47. The van der Waals surface area contributed by atoms with Gasteiger partial charge in [0, 0.05) is 36.7 Å². The van der Waals surface area contributed by atoms with Gasteiger partial charge in [-0.2, -0.15) is 11.8 Å². The highest BCUT2D eigenvalue weighted by Gasteiger charge is 2.28. The van der Waals surface area contributed by atoms with Crippen molar-refractivity contribution in [3.05, 3.63) is 0 Å². The summed E-state index contributed by atoms with van der Waals surface area (Å²) >= 11 is 1.92. The Bertz CT molecular complexity index is 323. The molecule has 5 nitrogen and oxygen atoms in total. The number of aliphatic carboxylic acids is 1. The van der Waals surface area contributed by atoms with Gasteiger partial charge < -0.3 is 14.9 Å². The molecule has 0 bridgehead atoms. The molecule has 0 aromatic carbocycles. The number of rotatable bonds is 5. The third-order valence-corrected chi connectivity index (χ3v) is 4.67.